The molecule has 27 heavy (non-hydrogen) atoms. The normalized spacial score (nSPS) is 16.0. The van der Waals surface area contributed by atoms with Crippen LogP contribution in [0, 0.1) is 5.82 Å². The standard InChI is InChI=1S/C17H17FN4O4S/c18-14-3-1-13(2-4-14)11-22-17(23)21-12-15(5-6-16(21)19-22)27(24,25)20-7-9-26-10-8-20/h1-6,12H,7-11H2. The molecule has 2 aromatic heterocycles. The summed E-state index contributed by atoms with van der Waals surface area (Å²) in [6, 6.07) is 8.69. The van der Waals surface area contributed by atoms with Crippen molar-refractivity contribution in [2.75, 3.05) is 26.3 Å². The monoisotopic (exact) mass is 392 g/mol. The van der Waals surface area contributed by atoms with E-state index in [0.29, 0.717) is 24.4 Å². The molecule has 0 aliphatic carbocycles. The van der Waals surface area contributed by atoms with Crippen molar-refractivity contribution in [3.8, 4) is 0 Å². The Morgan fingerprint density at radius 1 is 1.07 bits per heavy atom. The number of ether oxygens (including phenoxy) is 1. The summed E-state index contributed by atoms with van der Waals surface area (Å²) < 4.78 is 47.5. The maximum absolute atomic E-state index is 13.0. The molecule has 0 bridgehead atoms. The van der Waals surface area contributed by atoms with Crippen molar-refractivity contribution >= 4 is 15.7 Å². The van der Waals surface area contributed by atoms with Gasteiger partial charge in [-0.3, -0.25) is 0 Å². The predicted octanol–water partition coefficient (Wildman–Crippen LogP) is 0.704. The third kappa shape index (κ3) is 3.38. The number of hydrogen-bond acceptors (Lipinski definition) is 5. The summed E-state index contributed by atoms with van der Waals surface area (Å²) in [5.74, 6) is -0.362. The molecule has 1 aromatic carbocycles. The Bertz CT molecular complexity index is 1130. The minimum absolute atomic E-state index is 0.0281. The largest absolute Gasteiger partial charge is 0.379 e. The summed E-state index contributed by atoms with van der Waals surface area (Å²) in [6.07, 6.45) is 1.29. The van der Waals surface area contributed by atoms with E-state index in [9.17, 15) is 17.6 Å². The molecule has 0 spiro atoms. The van der Waals surface area contributed by atoms with Crippen LogP contribution in [0.2, 0.25) is 0 Å². The van der Waals surface area contributed by atoms with Crippen LogP contribution in [0.5, 0.6) is 0 Å². The summed E-state index contributed by atoms with van der Waals surface area (Å²) in [5, 5.41) is 4.21. The summed E-state index contributed by atoms with van der Waals surface area (Å²) in [4.78, 5) is 12.6. The highest BCUT2D eigenvalue weighted by atomic mass is 32.2. The van der Waals surface area contributed by atoms with Gasteiger partial charge in [0.25, 0.3) is 0 Å². The lowest BCUT2D eigenvalue weighted by Gasteiger charge is -2.25. The first-order valence-corrected chi connectivity index (χ1v) is 9.81. The minimum Gasteiger partial charge on any atom is -0.379 e. The minimum atomic E-state index is -3.71. The Balaban J connectivity index is 1.69. The van der Waals surface area contributed by atoms with Gasteiger partial charge >= 0.3 is 5.69 Å². The SMILES string of the molecule is O=c1n(Cc2ccc(F)cc2)nc2ccc(S(=O)(=O)N3CCOCC3)cn12. The number of fused-ring (bicyclic) bond motifs is 1. The first-order chi connectivity index (χ1) is 12.9. The zero-order valence-electron chi connectivity index (χ0n) is 14.3. The first kappa shape index (κ1) is 17.8. The summed E-state index contributed by atoms with van der Waals surface area (Å²) >= 11 is 0. The van der Waals surface area contributed by atoms with Crippen LogP contribution in [-0.2, 0) is 21.3 Å². The quantitative estimate of drug-likeness (QED) is 0.653. The predicted molar refractivity (Wildman–Crippen MR) is 94.5 cm³/mol. The molecule has 0 saturated carbocycles. The van der Waals surface area contributed by atoms with Gasteiger partial charge in [0, 0.05) is 19.3 Å². The van der Waals surface area contributed by atoms with E-state index in [1.54, 1.807) is 12.1 Å². The average Bonchev–Trinajstić information content (AvgIpc) is 2.99. The number of benzene rings is 1. The van der Waals surface area contributed by atoms with Crippen molar-refractivity contribution in [3.05, 3.63) is 64.5 Å². The maximum atomic E-state index is 13.0. The van der Waals surface area contributed by atoms with E-state index in [1.807, 2.05) is 0 Å². The fraction of sp³-hybridized carbons (Fsp3) is 0.294. The molecule has 1 fully saturated rings. The summed E-state index contributed by atoms with van der Waals surface area (Å²) in [6.45, 7) is 1.40. The van der Waals surface area contributed by atoms with Gasteiger partial charge in [-0.05, 0) is 29.8 Å². The lowest BCUT2D eigenvalue weighted by atomic mass is 10.2. The lowest BCUT2D eigenvalue weighted by Crippen LogP contribution is -2.40. The molecule has 0 unspecified atom stereocenters. The maximum Gasteiger partial charge on any atom is 0.350 e. The van der Waals surface area contributed by atoms with E-state index in [1.165, 1.54) is 43.9 Å². The van der Waals surface area contributed by atoms with E-state index in [0.717, 1.165) is 0 Å². The molecule has 0 atom stereocenters. The molecule has 1 aliphatic rings. The molecule has 0 radical (unpaired) electrons. The second-order valence-electron chi connectivity index (χ2n) is 6.18. The topological polar surface area (TPSA) is 85.9 Å². The molecular weight excluding hydrogens is 375 g/mol. The van der Waals surface area contributed by atoms with Crippen LogP contribution < -0.4 is 5.69 Å². The van der Waals surface area contributed by atoms with Crippen molar-refractivity contribution < 1.29 is 17.5 Å². The van der Waals surface area contributed by atoms with Crippen molar-refractivity contribution in [1.29, 1.82) is 0 Å². The number of hydrogen-bond donors (Lipinski definition) is 0. The summed E-state index contributed by atoms with van der Waals surface area (Å²) in [7, 11) is -3.71. The lowest BCUT2D eigenvalue weighted by molar-refractivity contribution is 0.0730. The van der Waals surface area contributed by atoms with Crippen LogP contribution in [-0.4, -0.2) is 53.2 Å². The number of aromatic nitrogens is 3. The van der Waals surface area contributed by atoms with E-state index in [4.69, 9.17) is 4.74 Å². The molecule has 4 rings (SSSR count). The van der Waals surface area contributed by atoms with Gasteiger partial charge in [0.2, 0.25) is 10.0 Å². The van der Waals surface area contributed by atoms with Crippen molar-refractivity contribution in [2.24, 2.45) is 0 Å². The number of pyridine rings is 1. The van der Waals surface area contributed by atoms with E-state index in [-0.39, 0.29) is 30.3 Å². The zero-order chi connectivity index (χ0) is 19.0. The highest BCUT2D eigenvalue weighted by Gasteiger charge is 2.27. The Morgan fingerprint density at radius 2 is 1.78 bits per heavy atom. The Kier molecular flexibility index (Phi) is 4.54. The molecule has 0 N–H and O–H groups in total. The average molecular weight is 392 g/mol. The van der Waals surface area contributed by atoms with Crippen LogP contribution in [0.3, 0.4) is 0 Å². The van der Waals surface area contributed by atoms with Crippen molar-refractivity contribution in [1.82, 2.24) is 18.5 Å². The zero-order valence-corrected chi connectivity index (χ0v) is 15.1. The Morgan fingerprint density at radius 3 is 2.48 bits per heavy atom. The van der Waals surface area contributed by atoms with Crippen LogP contribution in [0.4, 0.5) is 4.39 Å². The van der Waals surface area contributed by atoms with Crippen LogP contribution in [0.25, 0.3) is 5.65 Å². The van der Waals surface area contributed by atoms with Gasteiger partial charge in [-0.25, -0.2) is 26.7 Å². The van der Waals surface area contributed by atoms with Gasteiger partial charge in [-0.2, -0.15) is 4.31 Å². The van der Waals surface area contributed by atoms with E-state index in [2.05, 4.69) is 5.10 Å². The molecule has 3 heterocycles. The summed E-state index contributed by atoms with van der Waals surface area (Å²) in [5.41, 5.74) is 0.583. The number of nitrogens with zero attached hydrogens (tertiary/aromatic N) is 4. The van der Waals surface area contributed by atoms with E-state index < -0.39 is 15.7 Å². The van der Waals surface area contributed by atoms with Gasteiger partial charge in [-0.15, -0.1) is 5.10 Å². The van der Waals surface area contributed by atoms with Gasteiger partial charge in [-0.1, -0.05) is 12.1 Å². The Hall–Kier alpha value is -2.56. The van der Waals surface area contributed by atoms with Crippen LogP contribution >= 0.6 is 0 Å². The van der Waals surface area contributed by atoms with Crippen LogP contribution in [0.15, 0.2) is 52.3 Å². The molecular formula is C17H17FN4O4S. The molecule has 10 heteroatoms. The molecule has 1 saturated heterocycles. The number of morpholine rings is 1. The molecule has 142 valence electrons. The fourth-order valence-corrected chi connectivity index (χ4v) is 4.36. The fourth-order valence-electron chi connectivity index (χ4n) is 2.95. The van der Waals surface area contributed by atoms with Gasteiger partial charge in [0.15, 0.2) is 5.65 Å². The van der Waals surface area contributed by atoms with Gasteiger partial charge in [0.1, 0.15) is 5.82 Å². The third-order valence-corrected chi connectivity index (χ3v) is 6.29. The molecule has 8 nitrogen and oxygen atoms in total. The van der Waals surface area contributed by atoms with Crippen molar-refractivity contribution in [2.45, 2.75) is 11.4 Å². The van der Waals surface area contributed by atoms with Crippen LogP contribution in [0.1, 0.15) is 5.56 Å². The third-order valence-electron chi connectivity index (χ3n) is 4.40. The van der Waals surface area contributed by atoms with Gasteiger partial charge in [0.05, 0.1) is 24.7 Å². The Labute approximate surface area is 154 Å². The smallest absolute Gasteiger partial charge is 0.350 e. The molecule has 0 amide bonds. The molecule has 1 aliphatic heterocycles. The van der Waals surface area contributed by atoms with Crippen molar-refractivity contribution in [3.63, 3.8) is 0 Å². The number of sulfonamides is 1. The second kappa shape index (κ2) is 6.87. The van der Waals surface area contributed by atoms with E-state index >= 15 is 0 Å². The highest BCUT2D eigenvalue weighted by molar-refractivity contribution is 7.89. The number of rotatable bonds is 4. The highest BCUT2D eigenvalue weighted by Crippen LogP contribution is 2.17. The molecule has 3 aromatic rings. The number of halogens is 1. The van der Waals surface area contributed by atoms with Gasteiger partial charge < -0.3 is 4.74 Å². The first-order valence-electron chi connectivity index (χ1n) is 8.37. The second-order valence-corrected chi connectivity index (χ2v) is 8.11.